The Bertz CT molecular complexity index is 13.8. The van der Waals surface area contributed by atoms with Gasteiger partial charge in [-0.25, -0.2) is 0 Å². The van der Waals surface area contributed by atoms with Gasteiger partial charge in [0.15, 0.2) is 0 Å². The Kier molecular flexibility index (Phi) is 935. The van der Waals surface area contributed by atoms with Crippen LogP contribution in [0.25, 0.3) is 0 Å². The van der Waals surface area contributed by atoms with E-state index in [0.29, 0.717) is 0 Å². The van der Waals surface area contributed by atoms with Gasteiger partial charge in [-0.15, -0.1) is 0 Å². The number of hydrogen-bond donors (Lipinski definition) is 0. The molecule has 0 N–H and O–H groups in total. The minimum Gasteiger partial charge on any atom is -1.00 e. The first-order chi connectivity index (χ1) is 0. The number of halogens is 10. The van der Waals surface area contributed by atoms with Gasteiger partial charge in [-0.1, -0.05) is 0 Å². The van der Waals surface area contributed by atoms with Crippen molar-refractivity contribution in [2.24, 2.45) is 0 Å². The second-order valence-electron chi connectivity index (χ2n) is 0. The zero-order valence-corrected chi connectivity index (χ0v) is 40.6. The van der Waals surface area contributed by atoms with Crippen LogP contribution < -0.4 is 170 Å². The molecule has 0 spiro atoms. The van der Waals surface area contributed by atoms with Gasteiger partial charge in [-0.3, -0.25) is 0 Å². The van der Waals surface area contributed by atoms with E-state index in [2.05, 4.69) is 0 Å². The van der Waals surface area contributed by atoms with Crippen LogP contribution in [0.4, 0.5) is 0 Å². The first kappa shape index (κ1) is 125. The Morgan fingerprint density at radius 1 is 0.133 bits per heavy atom. The van der Waals surface area contributed by atoms with Gasteiger partial charge in [0.2, 0.25) is 0 Å². The summed E-state index contributed by atoms with van der Waals surface area (Å²) < 4.78 is 0. The maximum absolute atomic E-state index is 0. The third-order valence-corrected chi connectivity index (χ3v) is 0. The molecule has 15 heteroatoms. The van der Waals surface area contributed by atoms with Crippen molar-refractivity contribution in [3.05, 3.63) is 0 Å². The molecule has 0 aromatic rings. The number of rotatable bonds is 0. The summed E-state index contributed by atoms with van der Waals surface area (Å²) in [5.41, 5.74) is 0. The molecule has 0 nitrogen and oxygen atoms in total. The Morgan fingerprint density at radius 3 is 0.133 bits per heavy atom. The molecule has 0 aliphatic heterocycles. The molecule has 0 saturated carbocycles. The molecule has 0 bridgehead atoms. The predicted molar refractivity (Wildman–Crippen MR) is 28.8 cm³/mol. The first-order valence-corrected chi connectivity index (χ1v) is 0. The molecular weight excluding hydrogens is 1240 g/mol. The molecule has 0 aliphatic carbocycles. The average Bonchev–Trinajstić information content (AvgIpc) is 0. The summed E-state index contributed by atoms with van der Waals surface area (Å²) in [7, 11) is 0. The van der Waals surface area contributed by atoms with Crippen molar-refractivity contribution in [2.45, 2.75) is 0 Å². The normalized spacial score (nSPS) is 0. The van der Waals surface area contributed by atoms with Crippen molar-refractivity contribution in [3.63, 3.8) is 0 Å². The maximum Gasteiger partial charge on any atom is 2.00 e. The van der Waals surface area contributed by atoms with Gasteiger partial charge in [0.1, 0.15) is 0 Å². The van der Waals surface area contributed by atoms with Gasteiger partial charge in [-0.2, -0.15) is 0 Å². The van der Waals surface area contributed by atoms with Crippen molar-refractivity contribution in [1.29, 1.82) is 0 Å². The molecule has 0 unspecified atom stereocenters. The average molecular weight is 1240 g/mol. The van der Waals surface area contributed by atoms with Crippen LogP contribution in [-0.2, 0) is 0 Å². The van der Waals surface area contributed by atoms with Gasteiger partial charge >= 0.3 is 227 Å². The van der Waals surface area contributed by atoms with Gasteiger partial charge in [0.25, 0.3) is 0 Å². The van der Waals surface area contributed by atoms with E-state index < -0.39 is 0 Å². The van der Waals surface area contributed by atoms with Crippen molar-refractivity contribution in [2.75, 3.05) is 0 Å². The molecule has 0 fully saturated rings. The maximum atomic E-state index is 0. The van der Waals surface area contributed by atoms with E-state index in [9.17, 15) is 0 Å². The summed E-state index contributed by atoms with van der Waals surface area (Å²) in [4.78, 5) is 0. The molecular formula is Br10Sr5. The fourth-order valence-corrected chi connectivity index (χ4v) is 0. The van der Waals surface area contributed by atoms with Crippen molar-refractivity contribution < 1.29 is 170 Å². The molecule has 0 aliphatic rings. The molecule has 0 aromatic carbocycles. The summed E-state index contributed by atoms with van der Waals surface area (Å²) in [5, 5.41) is 0. The monoisotopic (exact) mass is 1230 g/mol. The predicted octanol–water partition coefficient (Wildman–Crippen LogP) is -31.9. The second kappa shape index (κ2) is 112. The topological polar surface area (TPSA) is 0 Å². The Labute approximate surface area is 383 Å². The van der Waals surface area contributed by atoms with Gasteiger partial charge in [0.05, 0.1) is 0 Å². The van der Waals surface area contributed by atoms with E-state index in [1.54, 1.807) is 0 Å². The zero-order valence-electron chi connectivity index (χ0n) is 7.32. The van der Waals surface area contributed by atoms with E-state index in [4.69, 9.17) is 0 Å². The molecule has 0 radical (unpaired) electrons. The van der Waals surface area contributed by atoms with Crippen molar-refractivity contribution in [3.8, 4) is 0 Å². The van der Waals surface area contributed by atoms with Crippen LogP contribution in [0.1, 0.15) is 0 Å². The SMILES string of the molecule is [Br-].[Br-].[Br-].[Br-].[Br-].[Br-].[Br-].[Br-].[Br-].[Br-].[Sr+2].[Sr+2].[Sr+2].[Sr+2].[Sr+2]. The third kappa shape index (κ3) is 103. The zero-order chi connectivity index (χ0) is 0. The summed E-state index contributed by atoms with van der Waals surface area (Å²) in [6.07, 6.45) is 0. The summed E-state index contributed by atoms with van der Waals surface area (Å²) in [5.74, 6) is 0. The van der Waals surface area contributed by atoms with E-state index in [1.807, 2.05) is 0 Å². The minimum atomic E-state index is 0. The van der Waals surface area contributed by atoms with Crippen molar-refractivity contribution in [1.82, 2.24) is 0 Å². The first-order valence-electron chi connectivity index (χ1n) is 0. The fraction of sp³-hybridized carbons (Fsp3) is 0. The molecule has 15 heavy (non-hydrogen) atoms. The van der Waals surface area contributed by atoms with Gasteiger partial charge in [0, 0.05) is 0 Å². The smallest absolute Gasteiger partial charge is 1.00 e. The summed E-state index contributed by atoms with van der Waals surface area (Å²) in [6, 6.07) is 0. The second-order valence-corrected chi connectivity index (χ2v) is 0. The largest absolute Gasteiger partial charge is 2.00 e. The van der Waals surface area contributed by atoms with Gasteiger partial charge in [-0.05, 0) is 0 Å². The molecule has 0 atom stereocenters. The molecule has 0 aromatic heterocycles. The van der Waals surface area contributed by atoms with E-state index in [-0.39, 0.29) is 397 Å². The van der Waals surface area contributed by atoms with Crippen LogP contribution in [0.15, 0.2) is 0 Å². The van der Waals surface area contributed by atoms with Gasteiger partial charge < -0.3 is 170 Å². The van der Waals surface area contributed by atoms with Crippen LogP contribution in [-0.4, -0.2) is 227 Å². The van der Waals surface area contributed by atoms with Crippen LogP contribution in [0, 0.1) is 0 Å². The Hall–Kier alpha value is 12.2. The van der Waals surface area contributed by atoms with Crippen LogP contribution in [0.2, 0.25) is 0 Å². The fourth-order valence-electron chi connectivity index (χ4n) is 0. The van der Waals surface area contributed by atoms with E-state index in [1.165, 1.54) is 0 Å². The Morgan fingerprint density at radius 2 is 0.133 bits per heavy atom. The summed E-state index contributed by atoms with van der Waals surface area (Å²) >= 11 is 0. The Balaban J connectivity index is 0. The molecule has 0 heterocycles. The van der Waals surface area contributed by atoms with E-state index in [0.717, 1.165) is 0 Å². The van der Waals surface area contributed by atoms with Crippen molar-refractivity contribution >= 4 is 227 Å². The van der Waals surface area contributed by atoms with Crippen LogP contribution >= 0.6 is 0 Å². The quantitative estimate of drug-likeness (QED) is 0.212. The minimum absolute atomic E-state index is 0. The van der Waals surface area contributed by atoms with Crippen LogP contribution in [0.3, 0.4) is 0 Å². The van der Waals surface area contributed by atoms with E-state index >= 15 is 0 Å². The molecule has 0 saturated heterocycles. The molecule has 0 amide bonds. The van der Waals surface area contributed by atoms with Crippen LogP contribution in [0.5, 0.6) is 0 Å². The standard InChI is InChI=1S/10BrH.5Sr/h10*1H;;;;;/q;;;;;;;;;;5*+2/p-10. The molecule has 0 rings (SSSR count). The molecule has 80 valence electrons. The number of hydrogen-bond acceptors (Lipinski definition) is 0. The summed E-state index contributed by atoms with van der Waals surface area (Å²) in [6.45, 7) is 0. The third-order valence-electron chi connectivity index (χ3n) is 0.